The van der Waals surface area contributed by atoms with Crippen LogP contribution in [0.1, 0.15) is 23.0 Å². The van der Waals surface area contributed by atoms with Crippen LogP contribution in [0.25, 0.3) is 6.08 Å². The Hall–Kier alpha value is -4.11. The monoisotopic (exact) mass is 460 g/mol. The number of carbonyl (C=O) groups is 3. The summed E-state index contributed by atoms with van der Waals surface area (Å²) in [6.07, 6.45) is 3.07. The molecule has 1 aliphatic rings. The van der Waals surface area contributed by atoms with Gasteiger partial charge in [0.1, 0.15) is 11.5 Å². The van der Waals surface area contributed by atoms with Gasteiger partial charge in [-0.25, -0.2) is 4.99 Å². The van der Waals surface area contributed by atoms with E-state index in [4.69, 9.17) is 10.2 Å². The molecule has 0 aliphatic carbocycles. The quantitative estimate of drug-likeness (QED) is 0.541. The minimum Gasteiger partial charge on any atom is -0.465 e. The van der Waals surface area contributed by atoms with Crippen molar-refractivity contribution in [1.82, 2.24) is 0 Å². The van der Waals surface area contributed by atoms with Crippen LogP contribution in [0, 0.1) is 0 Å². The van der Waals surface area contributed by atoms with Crippen molar-refractivity contribution in [3.8, 4) is 0 Å². The minimum atomic E-state index is -0.639. The number of hydrogen-bond donors (Lipinski definition) is 2. The lowest BCUT2D eigenvalue weighted by Crippen LogP contribution is -2.33. The third-order valence-electron chi connectivity index (χ3n) is 4.77. The molecule has 9 heteroatoms. The van der Waals surface area contributed by atoms with Gasteiger partial charge in [-0.05, 0) is 43.3 Å². The van der Waals surface area contributed by atoms with Crippen molar-refractivity contribution in [2.45, 2.75) is 12.2 Å². The normalized spacial score (nSPS) is 15.4. The summed E-state index contributed by atoms with van der Waals surface area (Å²) in [7, 11) is 0. The summed E-state index contributed by atoms with van der Waals surface area (Å²) in [6.45, 7) is 1.69. The summed E-state index contributed by atoms with van der Waals surface area (Å²) in [5.41, 5.74) is 6.76. The summed E-state index contributed by atoms with van der Waals surface area (Å²) in [6, 6.07) is 19.0. The smallest absolute Gasteiger partial charge is 0.283 e. The van der Waals surface area contributed by atoms with E-state index >= 15 is 0 Å². The molecule has 2 heterocycles. The molecule has 0 saturated carbocycles. The van der Waals surface area contributed by atoms with Gasteiger partial charge < -0.3 is 15.5 Å². The lowest BCUT2D eigenvalue weighted by atomic mass is 10.1. The van der Waals surface area contributed by atoms with Crippen LogP contribution >= 0.6 is 11.8 Å². The van der Waals surface area contributed by atoms with Gasteiger partial charge in [-0.2, -0.15) is 0 Å². The molecule has 3 N–H and O–H groups in total. The molecule has 0 bridgehead atoms. The molecule has 1 unspecified atom stereocenters. The number of thioether (sulfide) groups is 1. The van der Waals surface area contributed by atoms with Crippen molar-refractivity contribution in [3.63, 3.8) is 0 Å². The van der Waals surface area contributed by atoms with Crippen molar-refractivity contribution in [1.29, 1.82) is 0 Å². The fourth-order valence-corrected chi connectivity index (χ4v) is 4.07. The Bertz CT molecular complexity index is 1250. The number of aliphatic imine (C=N–C) groups is 1. The average Bonchev–Trinajstić information content (AvgIpc) is 3.42. The van der Waals surface area contributed by atoms with Crippen molar-refractivity contribution in [2.75, 3.05) is 10.2 Å². The van der Waals surface area contributed by atoms with Crippen LogP contribution < -0.4 is 16.0 Å². The number of anilines is 2. The Kier molecular flexibility index (Phi) is 6.41. The van der Waals surface area contributed by atoms with Crippen LogP contribution in [0.15, 0.2) is 88.1 Å². The van der Waals surface area contributed by atoms with Crippen LogP contribution in [0.2, 0.25) is 0 Å². The number of para-hydroxylation sites is 2. The van der Waals surface area contributed by atoms with E-state index in [1.54, 1.807) is 61.5 Å². The van der Waals surface area contributed by atoms with Crippen LogP contribution in [-0.2, 0) is 9.59 Å². The lowest BCUT2D eigenvalue weighted by Gasteiger charge is -2.20. The zero-order valence-electron chi connectivity index (χ0n) is 17.6. The molecule has 166 valence electrons. The second kappa shape index (κ2) is 9.58. The van der Waals surface area contributed by atoms with Gasteiger partial charge in [0.25, 0.3) is 11.8 Å². The highest BCUT2D eigenvalue weighted by atomic mass is 32.2. The molecule has 33 heavy (non-hydrogen) atoms. The number of amidine groups is 1. The number of nitrogens with zero attached hydrogens (tertiary/aromatic N) is 2. The highest BCUT2D eigenvalue weighted by Gasteiger charge is 2.34. The van der Waals surface area contributed by atoms with Gasteiger partial charge >= 0.3 is 0 Å². The first-order valence-electron chi connectivity index (χ1n) is 10.0. The van der Waals surface area contributed by atoms with Crippen molar-refractivity contribution in [2.24, 2.45) is 10.7 Å². The highest BCUT2D eigenvalue weighted by Crippen LogP contribution is 2.31. The predicted molar refractivity (Wildman–Crippen MR) is 129 cm³/mol. The van der Waals surface area contributed by atoms with E-state index in [9.17, 15) is 14.4 Å². The topological polar surface area (TPSA) is 118 Å². The van der Waals surface area contributed by atoms with Gasteiger partial charge in [-0.1, -0.05) is 42.1 Å². The Morgan fingerprint density at radius 1 is 1.09 bits per heavy atom. The largest absolute Gasteiger partial charge is 0.465 e. The van der Waals surface area contributed by atoms with Gasteiger partial charge in [0.05, 0.1) is 28.5 Å². The molecule has 0 fully saturated rings. The molecule has 1 aliphatic heterocycles. The van der Waals surface area contributed by atoms with E-state index in [0.29, 0.717) is 22.3 Å². The molecule has 1 aromatic heterocycles. The van der Waals surface area contributed by atoms with Crippen molar-refractivity contribution < 1.29 is 18.8 Å². The number of nitrogens with one attached hydrogen (secondary N) is 1. The maximum Gasteiger partial charge on any atom is 0.283 e. The van der Waals surface area contributed by atoms with Gasteiger partial charge in [-0.3, -0.25) is 19.3 Å². The van der Waals surface area contributed by atoms with Gasteiger partial charge in [0.15, 0.2) is 5.17 Å². The van der Waals surface area contributed by atoms with Gasteiger partial charge in [0.2, 0.25) is 5.91 Å². The molecular formula is C24H20N4O4S. The van der Waals surface area contributed by atoms with Gasteiger partial charge in [0, 0.05) is 6.08 Å². The van der Waals surface area contributed by atoms with E-state index in [1.165, 1.54) is 11.2 Å². The molecule has 3 aromatic rings. The molecular weight excluding hydrogens is 440 g/mol. The fourth-order valence-electron chi connectivity index (χ4n) is 3.14. The van der Waals surface area contributed by atoms with Gasteiger partial charge in [-0.15, -0.1) is 0 Å². The number of carbonyl (C=O) groups excluding carboxylic acids is 3. The zero-order valence-corrected chi connectivity index (χ0v) is 18.4. The Morgan fingerprint density at radius 2 is 1.82 bits per heavy atom. The fraction of sp³-hybridized carbons (Fsp3) is 0.0833. The Labute approximate surface area is 194 Å². The third-order valence-corrected chi connectivity index (χ3v) is 5.82. The minimum absolute atomic E-state index is 0.197. The van der Waals surface area contributed by atoms with E-state index in [2.05, 4.69) is 10.3 Å². The lowest BCUT2D eigenvalue weighted by molar-refractivity contribution is -0.115. The number of amides is 3. The SMILES string of the molecule is CC(SC1=N/C(=C/c2ccco2)C(=O)N1c1ccccc1)C(=O)Nc1ccccc1C(N)=O. The second-order valence-corrected chi connectivity index (χ2v) is 8.38. The molecule has 0 spiro atoms. The summed E-state index contributed by atoms with van der Waals surface area (Å²) in [5, 5.41) is 2.45. The van der Waals surface area contributed by atoms with Crippen LogP contribution in [0.3, 0.4) is 0 Å². The summed E-state index contributed by atoms with van der Waals surface area (Å²) >= 11 is 1.13. The first kappa shape index (κ1) is 22.1. The summed E-state index contributed by atoms with van der Waals surface area (Å²) in [4.78, 5) is 43.6. The first-order valence-corrected chi connectivity index (χ1v) is 10.9. The van der Waals surface area contributed by atoms with Crippen LogP contribution in [-0.4, -0.2) is 28.1 Å². The summed E-state index contributed by atoms with van der Waals surface area (Å²) in [5.74, 6) is -0.831. The van der Waals surface area contributed by atoms with Crippen LogP contribution in [0.5, 0.6) is 0 Å². The van der Waals surface area contributed by atoms with Crippen LogP contribution in [0.4, 0.5) is 11.4 Å². The number of nitrogens with two attached hydrogens (primary N) is 1. The number of furan rings is 1. The van der Waals surface area contributed by atoms with E-state index in [1.807, 2.05) is 18.2 Å². The number of benzene rings is 2. The van der Waals surface area contributed by atoms with E-state index < -0.39 is 11.2 Å². The predicted octanol–water partition coefficient (Wildman–Crippen LogP) is 3.88. The molecule has 3 amide bonds. The maximum atomic E-state index is 13.1. The Morgan fingerprint density at radius 3 is 2.52 bits per heavy atom. The Balaban J connectivity index is 1.59. The first-order chi connectivity index (χ1) is 15.9. The third kappa shape index (κ3) is 4.88. The number of rotatable bonds is 6. The standard InChI is InChI=1S/C24H20N4O4S/c1-15(22(30)26-19-12-6-5-11-18(19)21(25)29)33-24-27-20(14-17-10-7-13-32-17)23(31)28(24)16-8-3-2-4-9-16/h2-15H,1H3,(H2,25,29)(H,26,30)/b20-14+. The van der Waals surface area contributed by atoms with Crippen molar-refractivity contribution >= 4 is 52.1 Å². The molecule has 1 atom stereocenters. The number of primary amides is 1. The number of hydrogen-bond acceptors (Lipinski definition) is 6. The molecule has 2 aromatic carbocycles. The van der Waals surface area contributed by atoms with E-state index in [0.717, 1.165) is 11.8 Å². The molecule has 0 saturated heterocycles. The van der Waals surface area contributed by atoms with Crippen molar-refractivity contribution in [3.05, 3.63) is 90.0 Å². The average molecular weight is 461 g/mol. The van der Waals surface area contributed by atoms with E-state index in [-0.39, 0.29) is 23.1 Å². The summed E-state index contributed by atoms with van der Waals surface area (Å²) < 4.78 is 5.31. The zero-order chi connectivity index (χ0) is 23.4. The molecule has 8 nitrogen and oxygen atoms in total. The maximum absolute atomic E-state index is 13.1. The molecule has 0 radical (unpaired) electrons. The second-order valence-electron chi connectivity index (χ2n) is 7.07. The highest BCUT2D eigenvalue weighted by molar-refractivity contribution is 8.15. The molecule has 4 rings (SSSR count).